The van der Waals surface area contributed by atoms with E-state index in [1.165, 1.54) is 26.4 Å². The number of anilines is 3. The minimum Gasteiger partial charge on any atom is -0.485 e. The average Bonchev–Trinajstić information content (AvgIpc) is 1.10. The number of thiophene rings is 1. The second-order valence-electron chi connectivity index (χ2n) is 31.9. The van der Waals surface area contributed by atoms with E-state index in [9.17, 15) is 43.2 Å². The third-order valence-electron chi connectivity index (χ3n) is 23.8. The topological polar surface area (TPSA) is 264 Å². The summed E-state index contributed by atoms with van der Waals surface area (Å²) >= 11 is 7.54. The number of nitrogens with zero attached hydrogens (tertiary/aromatic N) is 3. The number of ketones is 9. The van der Waals surface area contributed by atoms with Crippen molar-refractivity contribution in [1.82, 2.24) is 4.57 Å². The van der Waals surface area contributed by atoms with Gasteiger partial charge in [-0.1, -0.05) is 145 Å². The molecule has 0 atom stereocenters. The Morgan fingerprint density at radius 2 is 0.823 bits per heavy atom. The zero-order chi connectivity index (χ0) is 89.4. The second kappa shape index (κ2) is 36.1. The number of para-hydroxylation sites is 4. The second-order valence-corrected chi connectivity index (χ2v) is 33.4. The third-order valence-corrected chi connectivity index (χ3v) is 25.2. The van der Waals surface area contributed by atoms with Gasteiger partial charge >= 0.3 is 0 Å². The number of furan rings is 1. The monoisotopic (exact) mass is 1760 g/mol. The molecule has 0 bridgehead atoms. The van der Waals surface area contributed by atoms with Crippen LogP contribution in [0.15, 0.2) is 265 Å². The maximum atomic E-state index is 11.8. The number of rotatable bonds is 1. The lowest BCUT2D eigenvalue weighted by Crippen LogP contribution is -2.28. The minimum absolute atomic E-state index is 0.00620. The first-order valence-electron chi connectivity index (χ1n) is 42.5. The Bertz CT molecular complexity index is 7410. The number of aryl methyl sites for hydroxylation is 1. The van der Waals surface area contributed by atoms with E-state index in [0.29, 0.717) is 81.0 Å². The van der Waals surface area contributed by atoms with Crippen LogP contribution in [0.1, 0.15) is 119 Å². The fraction of sp³-hybridized carbons (Fsp3) is 0.160. The number of Topliss-reactive ketones (excluding diaryl/α,β-unsaturated/α-hetero) is 9. The number of hydrogen-bond acceptors (Lipinski definition) is 22. The normalized spacial score (nSPS) is 14.9. The van der Waals surface area contributed by atoms with E-state index in [1.807, 2.05) is 226 Å². The van der Waals surface area contributed by atoms with Crippen LogP contribution in [-0.4, -0.2) is 137 Å². The van der Waals surface area contributed by atoms with Gasteiger partial charge in [0.25, 0.3) is 0 Å². The van der Waals surface area contributed by atoms with Crippen LogP contribution in [0, 0.1) is 0 Å². The molecule has 646 valence electrons. The lowest BCUT2D eigenvalue weighted by atomic mass is 10.0. The largest absolute Gasteiger partial charge is 0.485 e. The predicted octanol–water partition coefficient (Wildman–Crippen LogP) is 21.8. The average molecular weight is 1770 g/mol. The number of carbonyl (C=O) groups is 9. The van der Waals surface area contributed by atoms with Gasteiger partial charge in [0.1, 0.15) is 45.7 Å². The van der Waals surface area contributed by atoms with Gasteiger partial charge in [-0.25, -0.2) is 0 Å². The molecular weight excluding hydrogens is 1680 g/mol. The van der Waals surface area contributed by atoms with Gasteiger partial charge in [-0.3, -0.25) is 43.2 Å². The first kappa shape index (κ1) is 84.1. The Morgan fingerprint density at radius 1 is 0.323 bits per heavy atom. The van der Waals surface area contributed by atoms with Crippen molar-refractivity contribution in [1.29, 1.82) is 0 Å². The van der Waals surface area contributed by atoms with Crippen LogP contribution in [0.4, 0.5) is 17.1 Å². The molecule has 10 aliphatic rings. The van der Waals surface area contributed by atoms with Gasteiger partial charge in [-0.15, -0.1) is 11.3 Å². The van der Waals surface area contributed by atoms with Crippen LogP contribution in [0.3, 0.4) is 0 Å². The lowest BCUT2D eigenvalue weighted by molar-refractivity contribution is 0.0953. The van der Waals surface area contributed by atoms with Crippen LogP contribution in [-0.2, 0) is 6.54 Å². The fourth-order valence-electron chi connectivity index (χ4n) is 17.2. The zero-order valence-electron chi connectivity index (χ0n) is 70.7. The number of halogens is 1. The molecule has 1 N–H and O–H groups in total. The Kier molecular flexibility index (Phi) is 23.4. The summed E-state index contributed by atoms with van der Waals surface area (Å²) in [4.78, 5) is 107. The molecule has 22 nitrogen and oxygen atoms in total. The van der Waals surface area contributed by atoms with Gasteiger partial charge in [0.05, 0.1) is 38.9 Å². The molecule has 0 fully saturated rings. The number of hydrogen-bond donors (Lipinski definition) is 1. The summed E-state index contributed by atoms with van der Waals surface area (Å²) in [5.41, 5.74) is 13.5. The molecule has 0 spiro atoms. The van der Waals surface area contributed by atoms with Crippen LogP contribution in [0.2, 0.25) is 5.02 Å². The summed E-state index contributed by atoms with van der Waals surface area (Å²) in [6, 6.07) is 83.8. The van der Waals surface area contributed by atoms with Gasteiger partial charge < -0.3 is 62.0 Å². The van der Waals surface area contributed by atoms with E-state index in [0.717, 1.165) is 142 Å². The van der Waals surface area contributed by atoms with Crippen LogP contribution in [0.25, 0.3) is 85.5 Å². The van der Waals surface area contributed by atoms with Crippen molar-refractivity contribution in [3.8, 4) is 46.0 Å². The maximum Gasteiger partial charge on any atom is 0.231 e. The van der Waals surface area contributed by atoms with Crippen LogP contribution >= 0.6 is 22.9 Å². The van der Waals surface area contributed by atoms with Gasteiger partial charge in [-0.2, -0.15) is 0 Å². The molecule has 0 aliphatic carbocycles. The van der Waals surface area contributed by atoms with Crippen molar-refractivity contribution < 1.29 is 85.5 Å². The Balaban J connectivity index is 0.0000000952. The Morgan fingerprint density at radius 3 is 1.51 bits per heavy atom. The first-order valence-corrected chi connectivity index (χ1v) is 43.7. The van der Waals surface area contributed by atoms with E-state index in [4.69, 9.17) is 53.9 Å². The molecular formula is C106H81ClN4O18S. The van der Waals surface area contributed by atoms with Crippen molar-refractivity contribution >= 4 is 178 Å². The standard InChI is InChI=1S/C16H13NO2.C14H8O3.C14H8O2S.2C12H8O2.C10H10ClNO.C10H11NO.C9H9NO.C9H6O4/c1-2-17-13-6-4-3-5-10(13)11-8-16-12(7-14(11)17)15(18)9-19-16;15-11-7-16-13-5-9-8-3-1-2-4-12(8)17-14(9)6-10(11)13;15-11-7-16-12-5-9-8-3-1-2-4-13(8)17-14(9)6-10(11)12;13-11-7-14-12-6-9-4-2-1-3-8(9)5-10(11)12;13-10-7-14-11-6-5-8-3-1-2-4-9(8)12(10)11;1-12-5-4-10(13)8-6-7(11)2-3-9(8)12;1-11-7-6-10(12)8-4-2-3-5-9(8)11;11-9-5-6-10-8-4-2-1-3-7(8)9;10-6-3-11-7-2-9-8(1-5(6)7)12-4-13-9/h3-8H,2,9H2,1H3;2*1-6H,7H2;2*1-6H,7H2;2-3,6H,4-5H2,1H3;2-5H,6-7H2,1H3;1-4,10H,5-6H2;1-2H,3-4H2. The highest BCUT2D eigenvalue weighted by Gasteiger charge is 2.31. The molecule has 10 aliphatic heterocycles. The summed E-state index contributed by atoms with van der Waals surface area (Å²) in [6.07, 6.45) is 1.86. The molecule has 0 unspecified atom stereocenters. The number of ether oxygens (including phenoxy) is 8. The highest BCUT2D eigenvalue weighted by Crippen LogP contribution is 2.44. The van der Waals surface area contributed by atoms with E-state index in [2.05, 4.69) is 50.9 Å². The molecule has 17 aromatic rings. The molecule has 3 aromatic heterocycles. The number of aromatic nitrogens is 1. The smallest absolute Gasteiger partial charge is 0.231 e. The Labute approximate surface area is 752 Å². The van der Waals surface area contributed by atoms with E-state index < -0.39 is 0 Å². The van der Waals surface area contributed by atoms with Gasteiger partial charge in [0.15, 0.2) is 68.5 Å². The quantitative estimate of drug-likeness (QED) is 0.160. The SMILES string of the molecule is CCn1c2ccccc2c2cc3c(cc21)C(=O)CO3.CN1CCC(=O)c2cc(Cl)ccc21.CN1CCC(=O)c2ccccc21.O=C1CCNc2ccccc21.O=C1COc2cc3c(cc21)OCO3.O=C1COc2cc3c(cc21)oc1ccccc13.O=C1COc2cc3c(cc21)sc1ccccc13.O=C1COc2cc3ccccc3cc21.O=C1COc2ccc3ccccc3c21. The molecule has 0 saturated heterocycles. The van der Waals surface area contributed by atoms with E-state index in [-0.39, 0.29) is 98.5 Å². The molecule has 13 heterocycles. The van der Waals surface area contributed by atoms with Crippen molar-refractivity contribution in [3.63, 3.8) is 0 Å². The zero-order valence-corrected chi connectivity index (χ0v) is 72.3. The summed E-state index contributed by atoms with van der Waals surface area (Å²) < 4.78 is 52.5. The van der Waals surface area contributed by atoms with E-state index in [1.54, 1.807) is 35.6 Å². The molecule has 0 radical (unpaired) electrons. The number of nitrogens with one attached hydrogen (secondary N) is 1. The number of fused-ring (bicyclic) bond motifs is 22. The number of benzene rings is 14. The van der Waals surface area contributed by atoms with Crippen molar-refractivity contribution in [2.45, 2.75) is 32.7 Å². The van der Waals surface area contributed by atoms with Crippen LogP contribution < -0.4 is 53.0 Å². The highest BCUT2D eigenvalue weighted by atomic mass is 35.5. The van der Waals surface area contributed by atoms with Crippen LogP contribution in [0.5, 0.6) is 46.0 Å². The van der Waals surface area contributed by atoms with Gasteiger partial charge in [0.2, 0.25) is 41.5 Å². The minimum atomic E-state index is -0.00620. The third kappa shape index (κ3) is 16.7. The summed E-state index contributed by atoms with van der Waals surface area (Å²) in [7, 11) is 4.00. The van der Waals surface area contributed by atoms with Gasteiger partial charge in [0, 0.05) is 152 Å². The summed E-state index contributed by atoms with van der Waals surface area (Å²) in [5, 5.41) is 14.9. The maximum absolute atomic E-state index is 11.8. The Hall–Kier alpha value is -15.5. The molecule has 130 heavy (non-hydrogen) atoms. The lowest BCUT2D eigenvalue weighted by Gasteiger charge is -2.26. The van der Waals surface area contributed by atoms with Crippen molar-refractivity contribution in [2.75, 3.05) is 95.3 Å². The van der Waals surface area contributed by atoms with Crippen molar-refractivity contribution in [3.05, 3.63) is 316 Å². The molecule has 27 rings (SSSR count). The molecule has 14 aromatic carbocycles. The summed E-state index contributed by atoms with van der Waals surface area (Å²) in [6.45, 7) is 6.63. The number of carbonyl (C=O) groups excluding carboxylic acids is 9. The van der Waals surface area contributed by atoms with Gasteiger partial charge in [-0.05, 0) is 150 Å². The fourth-order valence-corrected chi connectivity index (χ4v) is 18.5. The highest BCUT2D eigenvalue weighted by molar-refractivity contribution is 7.25. The first-order chi connectivity index (χ1) is 63.3. The molecule has 0 saturated carbocycles. The van der Waals surface area contributed by atoms with E-state index >= 15 is 0 Å². The summed E-state index contributed by atoms with van der Waals surface area (Å²) in [5.74, 6) is 6.43. The molecule has 0 amide bonds. The van der Waals surface area contributed by atoms with Crippen molar-refractivity contribution in [2.24, 2.45) is 0 Å². The molecule has 24 heteroatoms. The predicted molar refractivity (Wildman–Crippen MR) is 504 cm³/mol.